The zero-order valence-corrected chi connectivity index (χ0v) is 21.1. The molecule has 4 aromatic rings. The highest BCUT2D eigenvalue weighted by atomic mass is 35.5. The Morgan fingerprint density at radius 3 is 2.75 bits per heavy atom. The number of nitriles is 1. The number of halogens is 2. The Balaban J connectivity index is 1.22. The first-order valence-corrected chi connectivity index (χ1v) is 12.7. The Hall–Kier alpha value is -3.17. The maximum Gasteiger partial charge on any atom is 0.123 e. The van der Waals surface area contributed by atoms with E-state index < -0.39 is 5.60 Å². The zero-order valence-electron chi connectivity index (χ0n) is 20.4. The van der Waals surface area contributed by atoms with Gasteiger partial charge in [0, 0.05) is 18.1 Å². The van der Waals surface area contributed by atoms with Crippen molar-refractivity contribution in [2.45, 2.75) is 37.9 Å². The third kappa shape index (κ3) is 4.77. The molecule has 1 N–H and O–H groups in total. The van der Waals surface area contributed by atoms with Crippen molar-refractivity contribution in [2.24, 2.45) is 0 Å². The molecule has 184 valence electrons. The molecule has 36 heavy (non-hydrogen) atoms. The van der Waals surface area contributed by atoms with Gasteiger partial charge in [0.2, 0.25) is 0 Å². The molecule has 0 saturated heterocycles. The van der Waals surface area contributed by atoms with Crippen molar-refractivity contribution >= 4 is 22.5 Å². The van der Waals surface area contributed by atoms with Gasteiger partial charge in [0.25, 0.3) is 0 Å². The molecule has 0 spiro atoms. The molecular formula is C30H29ClFN3O. The van der Waals surface area contributed by atoms with E-state index in [9.17, 15) is 9.65 Å². The smallest absolute Gasteiger partial charge is 0.123 e. The molecule has 6 heteroatoms. The maximum atomic E-state index is 13.7. The van der Waals surface area contributed by atoms with Crippen LogP contribution in [0.3, 0.4) is 0 Å². The Labute approximate surface area is 216 Å². The SMILES string of the molecule is CN(CCCCC1(c2ccc(F)cc2)OCc2cc(C#N)ccc21)CCc1c[nH]c2c(Cl)cccc12. The number of nitrogens with one attached hydrogen (secondary N) is 1. The minimum Gasteiger partial charge on any atom is -0.361 e. The molecule has 0 amide bonds. The summed E-state index contributed by atoms with van der Waals surface area (Å²) in [6.45, 7) is 2.39. The number of ether oxygens (including phenoxy) is 1. The molecule has 0 aliphatic carbocycles. The van der Waals surface area contributed by atoms with Crippen LogP contribution in [0.5, 0.6) is 0 Å². The lowest BCUT2D eigenvalue weighted by atomic mass is 9.81. The van der Waals surface area contributed by atoms with Gasteiger partial charge in [-0.25, -0.2) is 4.39 Å². The average molecular weight is 502 g/mol. The van der Waals surface area contributed by atoms with Crippen molar-refractivity contribution in [1.82, 2.24) is 9.88 Å². The summed E-state index contributed by atoms with van der Waals surface area (Å²) in [5.74, 6) is -0.258. The zero-order chi connectivity index (χ0) is 25.1. The molecule has 0 saturated carbocycles. The molecule has 1 atom stereocenters. The van der Waals surface area contributed by atoms with Gasteiger partial charge in [-0.1, -0.05) is 41.9 Å². The predicted molar refractivity (Wildman–Crippen MR) is 141 cm³/mol. The number of likely N-dealkylation sites (N-methyl/N-ethyl adjacent to an activating group) is 1. The van der Waals surface area contributed by atoms with E-state index in [0.717, 1.165) is 66.0 Å². The van der Waals surface area contributed by atoms with Crippen LogP contribution in [0.1, 0.15) is 47.1 Å². The number of H-pyrrole nitrogens is 1. The highest BCUT2D eigenvalue weighted by molar-refractivity contribution is 6.35. The van der Waals surface area contributed by atoms with Gasteiger partial charge in [0.05, 0.1) is 28.8 Å². The first kappa shape index (κ1) is 24.5. The fourth-order valence-electron chi connectivity index (χ4n) is 5.33. The van der Waals surface area contributed by atoms with Gasteiger partial charge in [0.1, 0.15) is 11.4 Å². The van der Waals surface area contributed by atoms with Crippen LogP contribution in [-0.4, -0.2) is 30.0 Å². The number of hydrogen-bond donors (Lipinski definition) is 1. The van der Waals surface area contributed by atoms with Crippen molar-refractivity contribution < 1.29 is 9.13 Å². The second-order valence-corrected chi connectivity index (χ2v) is 10.0. The quantitative estimate of drug-likeness (QED) is 0.252. The number of fused-ring (bicyclic) bond motifs is 2. The number of hydrogen-bond acceptors (Lipinski definition) is 3. The molecule has 1 aromatic heterocycles. The molecule has 1 unspecified atom stereocenters. The van der Waals surface area contributed by atoms with Gasteiger partial charge >= 0.3 is 0 Å². The number of para-hydroxylation sites is 1. The molecule has 0 fully saturated rings. The molecule has 1 aliphatic heterocycles. The van der Waals surface area contributed by atoms with Crippen molar-refractivity contribution in [2.75, 3.05) is 20.1 Å². The fourth-order valence-corrected chi connectivity index (χ4v) is 5.55. The second-order valence-electron chi connectivity index (χ2n) is 9.59. The van der Waals surface area contributed by atoms with E-state index in [2.05, 4.69) is 35.3 Å². The predicted octanol–water partition coefficient (Wildman–Crippen LogP) is 6.95. The van der Waals surface area contributed by atoms with E-state index in [0.29, 0.717) is 12.2 Å². The molecule has 0 radical (unpaired) electrons. The van der Waals surface area contributed by atoms with Crippen LogP contribution in [0, 0.1) is 17.1 Å². The van der Waals surface area contributed by atoms with Crippen molar-refractivity contribution in [3.8, 4) is 6.07 Å². The molecule has 1 aliphatic rings. The minimum atomic E-state index is -0.612. The molecule has 5 rings (SSSR count). The Morgan fingerprint density at radius 2 is 1.94 bits per heavy atom. The second kappa shape index (κ2) is 10.4. The van der Waals surface area contributed by atoms with E-state index >= 15 is 0 Å². The Bertz CT molecular complexity index is 1410. The normalized spacial score (nSPS) is 17.0. The lowest BCUT2D eigenvalue weighted by Crippen LogP contribution is -2.28. The molecule has 0 bridgehead atoms. The molecule has 2 heterocycles. The first-order valence-electron chi connectivity index (χ1n) is 12.4. The maximum absolute atomic E-state index is 13.7. The number of aromatic amines is 1. The van der Waals surface area contributed by atoms with Gasteiger partial charge < -0.3 is 14.6 Å². The van der Waals surface area contributed by atoms with E-state index in [1.807, 2.05) is 42.5 Å². The average Bonchev–Trinajstić information content (AvgIpc) is 3.48. The van der Waals surface area contributed by atoms with Crippen LogP contribution in [-0.2, 0) is 23.4 Å². The lowest BCUT2D eigenvalue weighted by Gasteiger charge is -2.31. The topological polar surface area (TPSA) is 52.0 Å². The van der Waals surface area contributed by atoms with Crippen LogP contribution in [0.25, 0.3) is 10.9 Å². The van der Waals surface area contributed by atoms with Crippen LogP contribution in [0.2, 0.25) is 5.02 Å². The summed E-state index contributed by atoms with van der Waals surface area (Å²) in [6, 6.07) is 20.6. The van der Waals surface area contributed by atoms with E-state index in [4.69, 9.17) is 16.3 Å². The molecule has 3 aromatic carbocycles. The summed E-state index contributed by atoms with van der Waals surface area (Å²) in [5.41, 5.74) is 5.38. The van der Waals surface area contributed by atoms with Gasteiger partial charge in [-0.2, -0.15) is 5.26 Å². The van der Waals surface area contributed by atoms with Gasteiger partial charge in [0.15, 0.2) is 0 Å². The minimum absolute atomic E-state index is 0.258. The van der Waals surface area contributed by atoms with Crippen LogP contribution in [0.15, 0.2) is 66.9 Å². The van der Waals surface area contributed by atoms with Crippen LogP contribution < -0.4 is 0 Å². The third-order valence-electron chi connectivity index (χ3n) is 7.29. The number of unbranched alkanes of at least 4 members (excludes halogenated alkanes) is 1. The summed E-state index contributed by atoms with van der Waals surface area (Å²) in [7, 11) is 2.16. The summed E-state index contributed by atoms with van der Waals surface area (Å²) in [4.78, 5) is 5.65. The van der Waals surface area contributed by atoms with Gasteiger partial charge in [-0.05, 0) is 91.9 Å². The Morgan fingerprint density at radius 1 is 1.11 bits per heavy atom. The van der Waals surface area contributed by atoms with E-state index in [-0.39, 0.29) is 5.82 Å². The first-order chi connectivity index (χ1) is 17.5. The standard InChI is InChI=1S/C30H29ClFN3O/c1-35(16-13-22-19-34-29-26(22)5-4-6-28(29)31)15-3-2-14-30(24-8-10-25(32)11-9-24)27-12-7-21(18-33)17-23(27)20-36-30/h4-12,17,19,34H,2-3,13-16,20H2,1H3. The highest BCUT2D eigenvalue weighted by Crippen LogP contribution is 2.45. The fraction of sp³-hybridized carbons (Fsp3) is 0.300. The van der Waals surface area contributed by atoms with Crippen LogP contribution >= 0.6 is 11.6 Å². The van der Waals surface area contributed by atoms with Crippen molar-refractivity contribution in [3.63, 3.8) is 0 Å². The molecular weight excluding hydrogens is 473 g/mol. The van der Waals surface area contributed by atoms with Gasteiger partial charge in [-0.15, -0.1) is 0 Å². The van der Waals surface area contributed by atoms with E-state index in [1.165, 1.54) is 23.1 Å². The Kier molecular flexibility index (Phi) is 7.11. The largest absolute Gasteiger partial charge is 0.361 e. The van der Waals surface area contributed by atoms with E-state index in [1.54, 1.807) is 0 Å². The van der Waals surface area contributed by atoms with Gasteiger partial charge in [-0.3, -0.25) is 0 Å². The van der Waals surface area contributed by atoms with Crippen molar-refractivity contribution in [3.05, 3.63) is 106 Å². The molecule has 4 nitrogen and oxygen atoms in total. The highest BCUT2D eigenvalue weighted by Gasteiger charge is 2.41. The van der Waals surface area contributed by atoms with Crippen molar-refractivity contribution in [1.29, 1.82) is 5.26 Å². The summed E-state index contributed by atoms with van der Waals surface area (Å²) < 4.78 is 20.1. The number of benzene rings is 3. The number of rotatable bonds is 9. The number of aromatic nitrogens is 1. The number of nitrogens with zero attached hydrogens (tertiary/aromatic N) is 2. The summed E-state index contributed by atoms with van der Waals surface area (Å²) in [5, 5.41) is 11.2. The van der Waals surface area contributed by atoms with Crippen LogP contribution in [0.4, 0.5) is 4.39 Å². The third-order valence-corrected chi connectivity index (χ3v) is 7.60. The summed E-state index contributed by atoms with van der Waals surface area (Å²) in [6.07, 6.45) is 5.79. The summed E-state index contributed by atoms with van der Waals surface area (Å²) >= 11 is 6.30. The lowest BCUT2D eigenvalue weighted by molar-refractivity contribution is -0.0136. The monoisotopic (exact) mass is 501 g/mol.